The summed E-state index contributed by atoms with van der Waals surface area (Å²) in [5.41, 5.74) is -0.122. The molecule has 0 aromatic carbocycles. The molecule has 0 spiro atoms. The summed E-state index contributed by atoms with van der Waals surface area (Å²) < 4.78 is 42.8. The van der Waals surface area contributed by atoms with Crippen molar-refractivity contribution in [3.05, 3.63) is 17.5 Å². The van der Waals surface area contributed by atoms with Gasteiger partial charge >= 0.3 is 6.18 Å². The molecule has 0 saturated heterocycles. The molecule has 90 valence electrons. The summed E-state index contributed by atoms with van der Waals surface area (Å²) in [6, 6.07) is 1.37. The molecule has 1 aliphatic rings. The van der Waals surface area contributed by atoms with Crippen LogP contribution in [0.4, 0.5) is 13.2 Å². The highest BCUT2D eigenvalue weighted by atomic mass is 19.4. The second-order valence-corrected chi connectivity index (χ2v) is 4.03. The molecule has 6 heteroatoms. The van der Waals surface area contributed by atoms with Crippen molar-refractivity contribution >= 4 is 0 Å². The number of aliphatic hydroxyl groups is 1. The molecule has 1 atom stereocenters. The van der Waals surface area contributed by atoms with E-state index in [1.54, 1.807) is 0 Å². The molecular weight excluding hydrogens is 223 g/mol. The summed E-state index contributed by atoms with van der Waals surface area (Å²) in [6.07, 6.45) is -2.86. The molecule has 1 aromatic rings. The van der Waals surface area contributed by atoms with Crippen molar-refractivity contribution in [1.29, 1.82) is 0 Å². The average molecular weight is 235 g/mol. The van der Waals surface area contributed by atoms with Gasteiger partial charge in [0.05, 0.1) is 5.69 Å². The van der Waals surface area contributed by atoms with Crippen LogP contribution >= 0.6 is 0 Å². The summed E-state index contributed by atoms with van der Waals surface area (Å²) in [5.74, 6) is -0.958. The zero-order chi connectivity index (χ0) is 11.8. The van der Waals surface area contributed by atoms with Crippen LogP contribution in [0.1, 0.15) is 42.6 Å². The largest absolute Gasteiger partial charge is 0.397 e. The number of nitrogens with zero attached hydrogens (tertiary/aromatic N) is 1. The first kappa shape index (κ1) is 11.4. The first-order valence-corrected chi connectivity index (χ1v) is 5.16. The van der Waals surface area contributed by atoms with Crippen molar-refractivity contribution in [2.24, 2.45) is 0 Å². The molecule has 1 fully saturated rings. The quantitative estimate of drug-likeness (QED) is 0.872. The first-order valence-electron chi connectivity index (χ1n) is 5.16. The lowest BCUT2D eigenvalue weighted by Gasteiger charge is -2.16. The molecule has 1 N–H and O–H groups in total. The zero-order valence-electron chi connectivity index (χ0n) is 8.50. The van der Waals surface area contributed by atoms with Gasteiger partial charge in [-0.1, -0.05) is 5.16 Å². The van der Waals surface area contributed by atoms with Gasteiger partial charge in [-0.2, -0.15) is 13.2 Å². The lowest BCUT2D eigenvalue weighted by molar-refractivity contribution is -0.154. The topological polar surface area (TPSA) is 46.3 Å². The minimum Gasteiger partial charge on any atom is -0.396 e. The van der Waals surface area contributed by atoms with E-state index in [1.807, 2.05) is 0 Å². The Morgan fingerprint density at radius 1 is 1.50 bits per heavy atom. The van der Waals surface area contributed by atoms with Crippen molar-refractivity contribution < 1.29 is 22.8 Å². The van der Waals surface area contributed by atoms with Crippen LogP contribution in [0, 0.1) is 0 Å². The molecule has 1 heterocycles. The zero-order valence-corrected chi connectivity index (χ0v) is 8.50. The van der Waals surface area contributed by atoms with Gasteiger partial charge in [0.2, 0.25) is 0 Å². The second kappa shape index (κ2) is 4.08. The van der Waals surface area contributed by atoms with E-state index in [4.69, 9.17) is 9.63 Å². The maximum atomic E-state index is 12.6. The van der Waals surface area contributed by atoms with Gasteiger partial charge in [0.15, 0.2) is 0 Å². The Labute approximate surface area is 90.2 Å². The number of hydrogen-bond acceptors (Lipinski definition) is 3. The minimum absolute atomic E-state index is 0.122. The van der Waals surface area contributed by atoms with E-state index < -0.39 is 18.7 Å². The molecule has 3 nitrogen and oxygen atoms in total. The third-order valence-electron chi connectivity index (χ3n) is 2.70. The molecule has 0 radical (unpaired) electrons. The van der Waals surface area contributed by atoms with Crippen LogP contribution in [0.5, 0.6) is 0 Å². The lowest BCUT2D eigenvalue weighted by atomic mass is 10.0. The molecule has 1 aliphatic carbocycles. The van der Waals surface area contributed by atoms with Gasteiger partial charge < -0.3 is 9.63 Å². The van der Waals surface area contributed by atoms with Crippen molar-refractivity contribution in [3.8, 4) is 0 Å². The van der Waals surface area contributed by atoms with Crippen LogP contribution in [0.25, 0.3) is 0 Å². The molecule has 16 heavy (non-hydrogen) atoms. The Morgan fingerprint density at radius 3 is 2.69 bits per heavy atom. The summed E-state index contributed by atoms with van der Waals surface area (Å²) in [4.78, 5) is 0. The highest BCUT2D eigenvalue weighted by Crippen LogP contribution is 2.43. The van der Waals surface area contributed by atoms with E-state index in [1.165, 1.54) is 6.07 Å². The van der Waals surface area contributed by atoms with Gasteiger partial charge in [0.25, 0.3) is 0 Å². The third-order valence-corrected chi connectivity index (χ3v) is 2.70. The Morgan fingerprint density at radius 2 is 2.19 bits per heavy atom. The standard InChI is InChI=1S/C10H12F3NO2/c11-10(12,13)7(3-4-15)8-5-9(16-14-8)6-1-2-6/h5-7,15H,1-4H2. The summed E-state index contributed by atoms with van der Waals surface area (Å²) in [7, 11) is 0. The van der Waals surface area contributed by atoms with Gasteiger partial charge in [-0.3, -0.25) is 0 Å². The van der Waals surface area contributed by atoms with Gasteiger partial charge in [-0.25, -0.2) is 0 Å². The smallest absolute Gasteiger partial charge is 0.396 e. The number of halogens is 3. The fourth-order valence-electron chi connectivity index (χ4n) is 1.64. The molecule has 0 amide bonds. The molecule has 1 unspecified atom stereocenters. The van der Waals surface area contributed by atoms with E-state index in [-0.39, 0.29) is 18.0 Å². The normalized spacial score (nSPS) is 18.8. The van der Waals surface area contributed by atoms with Crippen LogP contribution < -0.4 is 0 Å². The first-order chi connectivity index (χ1) is 7.52. The van der Waals surface area contributed by atoms with Gasteiger partial charge in [0, 0.05) is 18.6 Å². The van der Waals surface area contributed by atoms with Gasteiger partial charge in [-0.15, -0.1) is 0 Å². The number of aliphatic hydroxyl groups excluding tert-OH is 1. The average Bonchev–Trinajstić information content (AvgIpc) is 2.93. The Hall–Kier alpha value is -1.04. The molecule has 1 aromatic heterocycles. The third kappa shape index (κ3) is 2.37. The predicted octanol–water partition coefficient (Wildman–Crippen LogP) is 2.58. The SMILES string of the molecule is OCCC(c1cc(C2CC2)on1)C(F)(F)F. The Balaban J connectivity index is 2.17. The van der Waals surface area contributed by atoms with Crippen molar-refractivity contribution in [2.45, 2.75) is 37.3 Å². The molecule has 0 aliphatic heterocycles. The number of alkyl halides is 3. The summed E-state index contributed by atoms with van der Waals surface area (Å²) >= 11 is 0. The van der Waals surface area contributed by atoms with E-state index in [0.717, 1.165) is 12.8 Å². The number of hydrogen-bond donors (Lipinski definition) is 1. The van der Waals surface area contributed by atoms with Crippen LogP contribution in [0.2, 0.25) is 0 Å². The fourth-order valence-corrected chi connectivity index (χ4v) is 1.64. The van der Waals surface area contributed by atoms with Crippen molar-refractivity contribution in [2.75, 3.05) is 6.61 Å². The molecular formula is C10H12F3NO2. The monoisotopic (exact) mass is 235 g/mol. The van der Waals surface area contributed by atoms with Crippen molar-refractivity contribution in [3.63, 3.8) is 0 Å². The summed E-state index contributed by atoms with van der Waals surface area (Å²) in [6.45, 7) is -0.518. The van der Waals surface area contributed by atoms with Crippen LogP contribution in [0.3, 0.4) is 0 Å². The summed E-state index contributed by atoms with van der Waals surface area (Å²) in [5, 5.41) is 12.1. The van der Waals surface area contributed by atoms with Gasteiger partial charge in [0.1, 0.15) is 11.7 Å². The van der Waals surface area contributed by atoms with Crippen LogP contribution in [-0.4, -0.2) is 23.0 Å². The van der Waals surface area contributed by atoms with E-state index in [2.05, 4.69) is 5.16 Å². The fraction of sp³-hybridized carbons (Fsp3) is 0.700. The minimum atomic E-state index is -4.39. The number of aromatic nitrogens is 1. The highest BCUT2D eigenvalue weighted by Gasteiger charge is 2.42. The maximum absolute atomic E-state index is 12.6. The second-order valence-electron chi connectivity index (χ2n) is 4.03. The van der Waals surface area contributed by atoms with Crippen molar-refractivity contribution in [1.82, 2.24) is 5.16 Å². The Bertz CT molecular complexity index is 357. The molecule has 0 bridgehead atoms. The lowest BCUT2D eigenvalue weighted by Crippen LogP contribution is -2.22. The maximum Gasteiger partial charge on any atom is 0.397 e. The van der Waals surface area contributed by atoms with Gasteiger partial charge in [-0.05, 0) is 19.3 Å². The number of rotatable bonds is 4. The van der Waals surface area contributed by atoms with Crippen LogP contribution in [-0.2, 0) is 0 Å². The van der Waals surface area contributed by atoms with E-state index in [0.29, 0.717) is 5.76 Å². The highest BCUT2D eigenvalue weighted by molar-refractivity contribution is 5.18. The van der Waals surface area contributed by atoms with Crippen LogP contribution in [0.15, 0.2) is 10.6 Å². The molecule has 2 rings (SSSR count). The Kier molecular flexibility index (Phi) is 2.92. The van der Waals surface area contributed by atoms with E-state index in [9.17, 15) is 13.2 Å². The molecule has 1 saturated carbocycles. The predicted molar refractivity (Wildman–Crippen MR) is 49.0 cm³/mol. The van der Waals surface area contributed by atoms with E-state index >= 15 is 0 Å².